The van der Waals surface area contributed by atoms with Crippen LogP contribution in [-0.4, -0.2) is 17.9 Å². The van der Waals surface area contributed by atoms with E-state index in [1.165, 1.54) is 6.92 Å². The van der Waals surface area contributed by atoms with E-state index in [1.807, 2.05) is 6.07 Å². The normalized spacial score (nSPS) is 11.6. The Kier molecular flexibility index (Phi) is 3.85. The number of benzene rings is 1. The number of carbonyl (C=O) groups excluding carboxylic acids is 2. The standard InChI is InChI=1S/C11H13N2O2/c1-8(12-9(2)14)11(15)13-10-6-4-3-5-7-10/h3-6,8H,1-2H3,(H,12,14)(H,13,15). The van der Waals surface area contributed by atoms with Gasteiger partial charge in [-0.1, -0.05) is 18.2 Å². The Labute approximate surface area is 88.7 Å². The van der Waals surface area contributed by atoms with Gasteiger partial charge >= 0.3 is 0 Å². The summed E-state index contributed by atoms with van der Waals surface area (Å²) in [5, 5.41) is 5.14. The first kappa shape index (κ1) is 11.2. The van der Waals surface area contributed by atoms with Gasteiger partial charge in [-0.25, -0.2) is 0 Å². The number of anilines is 1. The summed E-state index contributed by atoms with van der Waals surface area (Å²) in [6, 6.07) is 9.37. The fraction of sp³-hybridized carbons (Fsp3) is 0.273. The first-order valence-electron chi connectivity index (χ1n) is 4.64. The van der Waals surface area contributed by atoms with Gasteiger partial charge in [-0.2, -0.15) is 0 Å². The molecule has 0 fully saturated rings. The van der Waals surface area contributed by atoms with Crippen LogP contribution in [0, 0.1) is 6.07 Å². The summed E-state index contributed by atoms with van der Waals surface area (Å²) in [6.07, 6.45) is 0. The molecule has 0 aliphatic carbocycles. The molecular weight excluding hydrogens is 192 g/mol. The van der Waals surface area contributed by atoms with Crippen LogP contribution in [0.15, 0.2) is 24.3 Å². The summed E-state index contributed by atoms with van der Waals surface area (Å²) >= 11 is 0. The second-order valence-corrected chi connectivity index (χ2v) is 3.19. The molecule has 1 aromatic rings. The molecule has 0 saturated carbocycles. The number of nitrogens with one attached hydrogen (secondary N) is 2. The summed E-state index contributed by atoms with van der Waals surface area (Å²) in [7, 11) is 0. The molecule has 0 aliphatic rings. The van der Waals surface area contributed by atoms with Crippen LogP contribution in [0.3, 0.4) is 0 Å². The Morgan fingerprint density at radius 3 is 2.67 bits per heavy atom. The third kappa shape index (κ3) is 3.81. The molecule has 1 unspecified atom stereocenters. The minimum absolute atomic E-state index is 0.227. The van der Waals surface area contributed by atoms with Crippen LogP contribution in [0.1, 0.15) is 13.8 Å². The van der Waals surface area contributed by atoms with E-state index in [2.05, 4.69) is 16.7 Å². The maximum Gasteiger partial charge on any atom is 0.246 e. The minimum Gasteiger partial charge on any atom is -0.345 e. The average Bonchev–Trinajstić information content (AvgIpc) is 2.18. The topological polar surface area (TPSA) is 58.2 Å². The first-order valence-corrected chi connectivity index (χ1v) is 4.64. The molecule has 0 saturated heterocycles. The van der Waals surface area contributed by atoms with Gasteiger partial charge in [0.1, 0.15) is 6.04 Å². The van der Waals surface area contributed by atoms with E-state index in [-0.39, 0.29) is 11.8 Å². The van der Waals surface area contributed by atoms with Crippen molar-refractivity contribution in [2.75, 3.05) is 5.32 Å². The third-order valence-corrected chi connectivity index (χ3v) is 1.78. The largest absolute Gasteiger partial charge is 0.345 e. The molecule has 2 amide bonds. The van der Waals surface area contributed by atoms with Gasteiger partial charge in [-0.15, -0.1) is 0 Å². The molecule has 79 valence electrons. The van der Waals surface area contributed by atoms with Crippen molar-refractivity contribution in [2.24, 2.45) is 0 Å². The van der Waals surface area contributed by atoms with Crippen molar-refractivity contribution in [3.63, 3.8) is 0 Å². The molecule has 0 bridgehead atoms. The van der Waals surface area contributed by atoms with Crippen molar-refractivity contribution >= 4 is 17.5 Å². The highest BCUT2D eigenvalue weighted by Gasteiger charge is 2.13. The molecule has 0 aromatic heterocycles. The third-order valence-electron chi connectivity index (χ3n) is 1.78. The highest BCUT2D eigenvalue weighted by atomic mass is 16.2. The number of para-hydroxylation sites is 1. The summed E-state index contributed by atoms with van der Waals surface area (Å²) < 4.78 is 0. The van der Waals surface area contributed by atoms with Gasteiger partial charge in [-0.05, 0) is 13.0 Å². The summed E-state index contributed by atoms with van der Waals surface area (Å²) in [5.41, 5.74) is 0.597. The Balaban J connectivity index is 2.52. The molecule has 1 aromatic carbocycles. The Hall–Kier alpha value is -1.84. The van der Waals surface area contributed by atoms with Gasteiger partial charge in [-0.3, -0.25) is 9.59 Å². The van der Waals surface area contributed by atoms with Gasteiger partial charge in [0.15, 0.2) is 0 Å². The van der Waals surface area contributed by atoms with Crippen molar-refractivity contribution < 1.29 is 9.59 Å². The van der Waals surface area contributed by atoms with Crippen LogP contribution >= 0.6 is 0 Å². The van der Waals surface area contributed by atoms with Gasteiger partial charge < -0.3 is 10.6 Å². The van der Waals surface area contributed by atoms with E-state index in [9.17, 15) is 9.59 Å². The lowest BCUT2D eigenvalue weighted by molar-refractivity contribution is -0.124. The van der Waals surface area contributed by atoms with Crippen LogP contribution in [0.25, 0.3) is 0 Å². The number of hydrogen-bond donors (Lipinski definition) is 2. The maximum absolute atomic E-state index is 11.5. The lowest BCUT2D eigenvalue weighted by Crippen LogP contribution is -2.40. The number of amides is 2. The van der Waals surface area contributed by atoms with Crippen molar-refractivity contribution in [3.8, 4) is 0 Å². The number of hydrogen-bond acceptors (Lipinski definition) is 2. The summed E-state index contributed by atoms with van der Waals surface area (Å²) in [4.78, 5) is 22.2. The second kappa shape index (κ2) is 5.14. The molecule has 1 atom stereocenters. The van der Waals surface area contributed by atoms with E-state index in [0.29, 0.717) is 5.69 Å². The van der Waals surface area contributed by atoms with Gasteiger partial charge in [0.05, 0.1) is 0 Å². The summed E-state index contributed by atoms with van der Waals surface area (Å²) in [6.45, 7) is 3.00. The highest BCUT2D eigenvalue weighted by Crippen LogP contribution is 2.04. The van der Waals surface area contributed by atoms with Crippen molar-refractivity contribution in [2.45, 2.75) is 19.9 Å². The van der Waals surface area contributed by atoms with Gasteiger partial charge in [0, 0.05) is 18.7 Å². The van der Waals surface area contributed by atoms with E-state index < -0.39 is 6.04 Å². The Morgan fingerprint density at radius 2 is 2.13 bits per heavy atom. The molecule has 4 nitrogen and oxygen atoms in total. The molecule has 0 heterocycles. The first-order chi connectivity index (χ1) is 7.09. The Morgan fingerprint density at radius 1 is 1.40 bits per heavy atom. The predicted octanol–water partition coefficient (Wildman–Crippen LogP) is 0.950. The minimum atomic E-state index is -0.545. The van der Waals surface area contributed by atoms with Crippen molar-refractivity contribution in [1.29, 1.82) is 0 Å². The number of carbonyl (C=O) groups is 2. The van der Waals surface area contributed by atoms with Gasteiger partial charge in [0.2, 0.25) is 11.8 Å². The zero-order valence-electron chi connectivity index (χ0n) is 8.70. The average molecular weight is 205 g/mol. The lowest BCUT2D eigenvalue weighted by atomic mass is 10.2. The fourth-order valence-electron chi connectivity index (χ4n) is 1.08. The van der Waals surface area contributed by atoms with E-state index >= 15 is 0 Å². The quantitative estimate of drug-likeness (QED) is 0.771. The molecule has 1 rings (SSSR count). The zero-order chi connectivity index (χ0) is 11.3. The SMILES string of the molecule is CC(=O)NC(C)C(=O)Nc1[c]cccc1. The smallest absolute Gasteiger partial charge is 0.246 e. The van der Waals surface area contributed by atoms with Crippen molar-refractivity contribution in [3.05, 3.63) is 30.3 Å². The summed E-state index contributed by atoms with van der Waals surface area (Å²) in [5.74, 6) is -0.484. The van der Waals surface area contributed by atoms with Crippen LogP contribution in [0.2, 0.25) is 0 Å². The molecule has 15 heavy (non-hydrogen) atoms. The van der Waals surface area contributed by atoms with E-state index in [1.54, 1.807) is 25.1 Å². The van der Waals surface area contributed by atoms with Crippen LogP contribution in [0.5, 0.6) is 0 Å². The maximum atomic E-state index is 11.5. The molecule has 0 spiro atoms. The monoisotopic (exact) mass is 205 g/mol. The number of rotatable bonds is 3. The molecule has 2 N–H and O–H groups in total. The second-order valence-electron chi connectivity index (χ2n) is 3.19. The predicted molar refractivity (Wildman–Crippen MR) is 57.2 cm³/mol. The van der Waals surface area contributed by atoms with Crippen LogP contribution in [-0.2, 0) is 9.59 Å². The fourth-order valence-corrected chi connectivity index (χ4v) is 1.08. The Bertz CT molecular complexity index is 349. The van der Waals surface area contributed by atoms with Gasteiger partial charge in [0.25, 0.3) is 0 Å². The molecular formula is C11H13N2O2. The van der Waals surface area contributed by atoms with Crippen molar-refractivity contribution in [1.82, 2.24) is 5.32 Å². The molecule has 0 aliphatic heterocycles. The lowest BCUT2D eigenvalue weighted by Gasteiger charge is -2.12. The van der Waals surface area contributed by atoms with E-state index in [4.69, 9.17) is 0 Å². The highest BCUT2D eigenvalue weighted by molar-refractivity contribution is 5.96. The molecule has 4 heteroatoms. The van der Waals surface area contributed by atoms with Crippen LogP contribution < -0.4 is 10.6 Å². The van der Waals surface area contributed by atoms with E-state index in [0.717, 1.165) is 0 Å². The van der Waals surface area contributed by atoms with Crippen LogP contribution in [0.4, 0.5) is 5.69 Å². The molecule has 1 radical (unpaired) electrons. The zero-order valence-corrected chi connectivity index (χ0v) is 8.70.